The molecule has 0 fully saturated rings. The molecule has 0 aliphatic heterocycles. The van der Waals surface area contributed by atoms with Crippen LogP contribution in [-0.4, -0.2) is 37.7 Å². The number of aromatic nitrogens is 3. The highest BCUT2D eigenvalue weighted by Gasteiger charge is 2.28. The summed E-state index contributed by atoms with van der Waals surface area (Å²) in [5, 5.41) is 18.4. The average molecular weight is 949 g/mol. The van der Waals surface area contributed by atoms with Crippen LogP contribution in [0.2, 0.25) is 0 Å². The third kappa shape index (κ3) is 20.5. The minimum Gasteiger partial charge on any atom is -0.338 e. The minimum absolute atomic E-state index is 0.185. The largest absolute Gasteiger partial charge is 0.338 e. The van der Waals surface area contributed by atoms with Crippen molar-refractivity contribution in [1.29, 1.82) is 0 Å². The number of anilines is 3. The number of amides is 6. The molecule has 0 saturated heterocycles. The number of carbonyl (C=O) groups is 3. The van der Waals surface area contributed by atoms with E-state index in [4.69, 9.17) is 0 Å². The van der Waals surface area contributed by atoms with Crippen LogP contribution in [-0.2, 0) is 38.9 Å². The quantitative estimate of drug-likeness (QED) is 0.0210. The number of unbranched alkanes of at least 4 members (excludes halogenated alkanes) is 15. The normalized spacial score (nSPS) is 11.0. The maximum Gasteiger partial charge on any atom is 0.319 e. The van der Waals surface area contributed by atoms with Gasteiger partial charge in [-0.3, -0.25) is 0 Å². The highest BCUT2D eigenvalue weighted by Crippen LogP contribution is 2.31. The van der Waals surface area contributed by atoms with Gasteiger partial charge in [0, 0.05) is 54.5 Å². The van der Waals surface area contributed by atoms with E-state index < -0.39 is 0 Å². The summed E-state index contributed by atoms with van der Waals surface area (Å²) in [6.45, 7) is 17.3. The van der Waals surface area contributed by atoms with Crippen LogP contribution >= 0.6 is 0 Å². The van der Waals surface area contributed by atoms with Gasteiger partial charge in [0.05, 0.1) is 0 Å². The van der Waals surface area contributed by atoms with Gasteiger partial charge >= 0.3 is 18.1 Å². The standard InChI is InChI=1S/C57H87N9O3/c1-7-13-16-19-22-25-34-58-55(67)61-46-31-28-37-64(40-46)43-52-49(10-4)53(44-65-38-29-32-47(41-65)62-56(68)59-35-26-23-20-17-14-8-2)51(12-6)54(50(52)11-5)45-66-39-30-33-48(42-66)63-57(69)60-36-27-24-21-18-15-9-3/h28-33,37-42H,7-27,34-36,43-45H2,1-6H3,(H3-3,58,59,60,61,62,63,67,68,69)/p+3. The third-order valence-electron chi connectivity index (χ3n) is 13.1. The predicted molar refractivity (Wildman–Crippen MR) is 283 cm³/mol. The first-order valence-electron chi connectivity index (χ1n) is 27.0. The van der Waals surface area contributed by atoms with Gasteiger partial charge in [-0.05, 0) is 73.4 Å². The molecule has 4 rings (SSSR count). The van der Waals surface area contributed by atoms with Gasteiger partial charge in [-0.1, -0.05) is 138 Å². The Balaban J connectivity index is 1.63. The highest BCUT2D eigenvalue weighted by molar-refractivity contribution is 5.89. The Hall–Kier alpha value is -5.52. The van der Waals surface area contributed by atoms with Crippen LogP contribution in [0, 0.1) is 0 Å². The van der Waals surface area contributed by atoms with Gasteiger partial charge in [-0.25, -0.2) is 14.4 Å². The summed E-state index contributed by atoms with van der Waals surface area (Å²) >= 11 is 0. The fraction of sp³-hybridized carbons (Fsp3) is 0.579. The summed E-state index contributed by atoms with van der Waals surface area (Å²) < 4.78 is 6.54. The van der Waals surface area contributed by atoms with Gasteiger partial charge in [0.1, 0.15) is 17.1 Å². The van der Waals surface area contributed by atoms with Crippen LogP contribution in [0.1, 0.15) is 190 Å². The highest BCUT2D eigenvalue weighted by atomic mass is 16.2. The van der Waals surface area contributed by atoms with Crippen molar-refractivity contribution in [3.05, 3.63) is 107 Å². The molecule has 0 spiro atoms. The fourth-order valence-electron chi connectivity index (χ4n) is 9.42. The second-order valence-corrected chi connectivity index (χ2v) is 18.7. The van der Waals surface area contributed by atoms with Crippen molar-refractivity contribution < 1.29 is 28.1 Å². The van der Waals surface area contributed by atoms with Gasteiger partial charge in [0.25, 0.3) is 0 Å². The lowest BCUT2D eigenvalue weighted by Crippen LogP contribution is -2.40. The van der Waals surface area contributed by atoms with Gasteiger partial charge in [-0.15, -0.1) is 0 Å². The van der Waals surface area contributed by atoms with Gasteiger partial charge in [-0.2, -0.15) is 13.7 Å². The predicted octanol–water partition coefficient (Wildman–Crippen LogP) is 11.8. The van der Waals surface area contributed by atoms with E-state index in [-0.39, 0.29) is 18.1 Å². The maximum atomic E-state index is 13.0. The number of carbonyl (C=O) groups excluding carboxylic acids is 3. The van der Waals surface area contributed by atoms with Crippen LogP contribution in [0.5, 0.6) is 0 Å². The van der Waals surface area contributed by atoms with Crippen molar-refractivity contribution in [2.45, 2.75) is 196 Å². The van der Waals surface area contributed by atoms with Crippen molar-refractivity contribution in [2.24, 2.45) is 0 Å². The van der Waals surface area contributed by atoms with Gasteiger partial charge < -0.3 is 31.9 Å². The van der Waals surface area contributed by atoms with E-state index in [1.165, 1.54) is 110 Å². The molecule has 0 aliphatic carbocycles. The van der Waals surface area contributed by atoms with Crippen molar-refractivity contribution in [2.75, 3.05) is 35.6 Å². The first-order chi connectivity index (χ1) is 33.7. The number of pyridine rings is 3. The number of nitrogens with one attached hydrogen (secondary N) is 6. The van der Waals surface area contributed by atoms with Crippen LogP contribution in [0.15, 0.2) is 73.6 Å². The molecule has 0 radical (unpaired) electrons. The van der Waals surface area contributed by atoms with Crippen LogP contribution in [0.3, 0.4) is 0 Å². The molecule has 0 saturated carbocycles. The zero-order valence-corrected chi connectivity index (χ0v) is 43.6. The Labute approximate surface area is 416 Å². The van der Waals surface area contributed by atoms with E-state index in [2.05, 4.69) is 106 Å². The lowest BCUT2D eigenvalue weighted by Gasteiger charge is -2.23. The smallest absolute Gasteiger partial charge is 0.319 e. The van der Waals surface area contributed by atoms with Crippen LogP contribution in [0.4, 0.5) is 31.4 Å². The number of rotatable bonds is 33. The summed E-state index contributed by atoms with van der Waals surface area (Å²) in [5.41, 5.74) is 10.0. The van der Waals surface area contributed by atoms with Crippen molar-refractivity contribution in [3.63, 3.8) is 0 Å². The molecule has 6 amide bonds. The van der Waals surface area contributed by atoms with Gasteiger partial charge in [0.15, 0.2) is 56.8 Å². The van der Waals surface area contributed by atoms with Crippen molar-refractivity contribution >= 4 is 35.2 Å². The monoisotopic (exact) mass is 949 g/mol. The zero-order chi connectivity index (χ0) is 49.5. The van der Waals surface area contributed by atoms with E-state index in [0.717, 1.165) is 74.8 Å². The number of benzene rings is 1. The topological polar surface area (TPSA) is 135 Å². The van der Waals surface area contributed by atoms with E-state index in [9.17, 15) is 14.4 Å². The Morgan fingerprint density at radius 1 is 0.362 bits per heavy atom. The molecule has 0 atom stereocenters. The number of nitrogens with zero attached hydrogens (tertiary/aromatic N) is 3. The summed E-state index contributed by atoms with van der Waals surface area (Å²) in [4.78, 5) is 39.0. The summed E-state index contributed by atoms with van der Waals surface area (Å²) in [6.07, 6.45) is 36.0. The Morgan fingerprint density at radius 3 is 0.884 bits per heavy atom. The van der Waals surface area contributed by atoms with E-state index >= 15 is 0 Å². The lowest BCUT2D eigenvalue weighted by atomic mass is 9.83. The number of hydrogen-bond donors (Lipinski definition) is 6. The molecule has 0 unspecified atom stereocenters. The SMILES string of the molecule is CCCCCCCCNC(=O)Nc1ccc[n+](Cc2c(CC)c(C[n+]3cccc(NC(=O)NCCCCCCCC)c3)c(CC)c(C[n+]3cccc(NC(=O)NCCCCCCCC)c3)c2CC)c1. The zero-order valence-electron chi connectivity index (χ0n) is 43.6. The molecular formula is C57H90N9O3+3. The minimum atomic E-state index is -0.185. The molecule has 1 aromatic carbocycles. The van der Waals surface area contributed by atoms with E-state index in [1.807, 2.05) is 55.0 Å². The van der Waals surface area contributed by atoms with Crippen LogP contribution < -0.4 is 45.6 Å². The van der Waals surface area contributed by atoms with Crippen molar-refractivity contribution in [3.8, 4) is 0 Å². The Morgan fingerprint density at radius 2 is 0.623 bits per heavy atom. The second-order valence-electron chi connectivity index (χ2n) is 18.7. The number of urea groups is 3. The Bertz CT molecular complexity index is 1880. The molecular weight excluding hydrogens is 859 g/mol. The molecule has 4 aromatic rings. The average Bonchev–Trinajstić information content (AvgIpc) is 3.33. The number of hydrogen-bond acceptors (Lipinski definition) is 3. The van der Waals surface area contributed by atoms with E-state index in [0.29, 0.717) is 39.3 Å². The molecule has 0 aliphatic rings. The van der Waals surface area contributed by atoms with Crippen molar-refractivity contribution in [1.82, 2.24) is 16.0 Å². The molecule has 3 aromatic heterocycles. The summed E-state index contributed by atoms with van der Waals surface area (Å²) in [6, 6.07) is 11.3. The van der Waals surface area contributed by atoms with E-state index in [1.54, 1.807) is 0 Å². The Kier molecular flexibility index (Phi) is 26.9. The first kappa shape index (κ1) is 56.1. The second kappa shape index (κ2) is 33.1. The molecule has 3 heterocycles. The molecule has 378 valence electrons. The molecule has 12 nitrogen and oxygen atoms in total. The summed E-state index contributed by atoms with van der Waals surface area (Å²) in [5.74, 6) is 0. The van der Waals surface area contributed by atoms with Gasteiger partial charge in [0.2, 0.25) is 0 Å². The van der Waals surface area contributed by atoms with Crippen LogP contribution in [0.25, 0.3) is 0 Å². The maximum absolute atomic E-state index is 13.0. The molecule has 0 bridgehead atoms. The summed E-state index contributed by atoms with van der Waals surface area (Å²) in [7, 11) is 0. The molecule has 12 heteroatoms. The third-order valence-corrected chi connectivity index (χ3v) is 13.1. The molecule has 69 heavy (non-hydrogen) atoms. The fourth-order valence-corrected chi connectivity index (χ4v) is 9.42. The molecule has 6 N–H and O–H groups in total. The first-order valence-corrected chi connectivity index (χ1v) is 27.0. The lowest BCUT2D eigenvalue weighted by molar-refractivity contribution is -0.690.